The lowest BCUT2D eigenvalue weighted by Gasteiger charge is -2.17. The molecule has 0 bridgehead atoms. The third-order valence-corrected chi connectivity index (χ3v) is 4.05. The highest BCUT2D eigenvalue weighted by atomic mass is 32.2. The molecule has 1 aliphatic rings. The predicted molar refractivity (Wildman–Crippen MR) is 70.2 cm³/mol. The molecule has 0 spiro atoms. The number of carboxylic acid groups (broad SMARTS) is 2. The molecule has 0 aliphatic carbocycles. The molecule has 1 fully saturated rings. The molecule has 0 amide bonds. The fourth-order valence-corrected chi connectivity index (χ4v) is 3.15. The number of aromatic hydroxyl groups is 1. The number of benzene rings is 1. The van der Waals surface area contributed by atoms with Gasteiger partial charge in [0, 0.05) is 11.3 Å². The number of rotatable bonds is 3. The van der Waals surface area contributed by atoms with E-state index in [1.54, 1.807) is 0 Å². The van der Waals surface area contributed by atoms with Crippen LogP contribution in [0.3, 0.4) is 0 Å². The quantitative estimate of drug-likeness (QED) is 0.561. The van der Waals surface area contributed by atoms with Crippen molar-refractivity contribution in [3.05, 3.63) is 23.3 Å². The van der Waals surface area contributed by atoms with Gasteiger partial charge in [0.25, 0.3) is 0 Å². The van der Waals surface area contributed by atoms with E-state index in [1.165, 1.54) is 23.9 Å². The maximum atomic E-state index is 11.0. The van der Waals surface area contributed by atoms with E-state index in [2.05, 4.69) is 5.32 Å². The lowest BCUT2D eigenvalue weighted by molar-refractivity contribution is -0.138. The monoisotopic (exact) mass is 279 g/mol. The standard InChI is InChI=1S/C11H10BNO5S/c12-5-2-1-4(10(15)16)8(14)7(5)9-13-6(3-19-9)11(17)18/h1-2,6,9,13-14H,3H2,(H,15,16)(H,17,18). The molecule has 0 saturated carbocycles. The summed E-state index contributed by atoms with van der Waals surface area (Å²) in [5, 5.41) is 30.0. The van der Waals surface area contributed by atoms with E-state index >= 15 is 0 Å². The van der Waals surface area contributed by atoms with Crippen LogP contribution in [0.25, 0.3) is 0 Å². The SMILES string of the molecule is [B]c1ccc(C(=O)O)c(O)c1C1NC(C(=O)O)CS1. The smallest absolute Gasteiger partial charge is 0.339 e. The van der Waals surface area contributed by atoms with Gasteiger partial charge in [-0.05, 0) is 6.07 Å². The first-order valence-corrected chi connectivity index (χ1v) is 6.41. The average molecular weight is 279 g/mol. The van der Waals surface area contributed by atoms with Gasteiger partial charge in [0.1, 0.15) is 25.2 Å². The molecule has 1 saturated heterocycles. The molecule has 1 heterocycles. The van der Waals surface area contributed by atoms with Crippen molar-refractivity contribution in [3.8, 4) is 5.75 Å². The van der Waals surface area contributed by atoms with Crippen LogP contribution < -0.4 is 10.8 Å². The van der Waals surface area contributed by atoms with Crippen LogP contribution in [0.2, 0.25) is 0 Å². The molecular weight excluding hydrogens is 269 g/mol. The van der Waals surface area contributed by atoms with E-state index in [0.717, 1.165) is 0 Å². The highest BCUT2D eigenvalue weighted by Crippen LogP contribution is 2.37. The van der Waals surface area contributed by atoms with Crippen molar-refractivity contribution in [1.82, 2.24) is 5.32 Å². The lowest BCUT2D eigenvalue weighted by atomic mass is 9.88. The average Bonchev–Trinajstić information content (AvgIpc) is 2.78. The van der Waals surface area contributed by atoms with Crippen LogP contribution in [0.15, 0.2) is 12.1 Å². The van der Waals surface area contributed by atoms with Gasteiger partial charge < -0.3 is 15.3 Å². The van der Waals surface area contributed by atoms with Crippen LogP contribution in [0.1, 0.15) is 21.3 Å². The molecule has 1 aromatic carbocycles. The van der Waals surface area contributed by atoms with Crippen LogP contribution in [0, 0.1) is 0 Å². The number of aromatic carboxylic acids is 1. The fraction of sp³-hybridized carbons (Fsp3) is 0.273. The van der Waals surface area contributed by atoms with E-state index in [9.17, 15) is 14.7 Å². The number of carboxylic acids is 2. The normalized spacial score (nSPS) is 22.3. The minimum absolute atomic E-state index is 0.216. The Labute approximate surface area is 114 Å². The Hall–Kier alpha value is -1.67. The summed E-state index contributed by atoms with van der Waals surface area (Å²) in [4.78, 5) is 21.8. The Bertz CT molecular complexity index is 550. The van der Waals surface area contributed by atoms with Crippen molar-refractivity contribution in [2.24, 2.45) is 0 Å². The van der Waals surface area contributed by atoms with Gasteiger partial charge in [-0.3, -0.25) is 10.1 Å². The zero-order valence-corrected chi connectivity index (χ0v) is 10.5. The van der Waals surface area contributed by atoms with Crippen LogP contribution in [-0.4, -0.2) is 46.9 Å². The first-order chi connectivity index (χ1) is 8.91. The Balaban J connectivity index is 2.38. The van der Waals surface area contributed by atoms with Crippen LogP contribution in [-0.2, 0) is 4.79 Å². The maximum absolute atomic E-state index is 11.0. The van der Waals surface area contributed by atoms with Crippen molar-refractivity contribution >= 4 is 37.0 Å². The molecule has 2 unspecified atom stereocenters. The Kier molecular flexibility index (Phi) is 3.72. The van der Waals surface area contributed by atoms with Gasteiger partial charge in [0.2, 0.25) is 0 Å². The van der Waals surface area contributed by atoms with Gasteiger partial charge in [-0.2, -0.15) is 0 Å². The largest absolute Gasteiger partial charge is 0.507 e. The van der Waals surface area contributed by atoms with Crippen molar-refractivity contribution < 1.29 is 24.9 Å². The zero-order chi connectivity index (χ0) is 14.2. The first-order valence-electron chi connectivity index (χ1n) is 5.37. The third kappa shape index (κ3) is 2.54. The summed E-state index contributed by atoms with van der Waals surface area (Å²) in [5.74, 6) is -2.38. The summed E-state index contributed by atoms with van der Waals surface area (Å²) in [5.41, 5.74) is 0.178. The molecule has 98 valence electrons. The van der Waals surface area contributed by atoms with E-state index in [0.29, 0.717) is 5.75 Å². The summed E-state index contributed by atoms with van der Waals surface area (Å²) < 4.78 is 0. The predicted octanol–water partition coefficient (Wildman–Crippen LogP) is -0.328. The molecule has 2 atom stereocenters. The maximum Gasteiger partial charge on any atom is 0.339 e. The molecular formula is C11H10BNO5S. The van der Waals surface area contributed by atoms with Crippen LogP contribution in [0.5, 0.6) is 5.75 Å². The van der Waals surface area contributed by atoms with Gasteiger partial charge in [-0.25, -0.2) is 4.79 Å². The summed E-state index contributed by atoms with van der Waals surface area (Å²) in [6, 6.07) is 1.85. The second kappa shape index (κ2) is 5.14. The Morgan fingerprint density at radius 3 is 2.58 bits per heavy atom. The van der Waals surface area contributed by atoms with Crippen molar-refractivity contribution in [2.45, 2.75) is 11.4 Å². The second-order valence-corrected chi connectivity index (χ2v) is 5.18. The van der Waals surface area contributed by atoms with E-state index in [1.807, 2.05) is 0 Å². The second-order valence-electron chi connectivity index (χ2n) is 4.04. The van der Waals surface area contributed by atoms with Crippen LogP contribution >= 0.6 is 11.8 Å². The van der Waals surface area contributed by atoms with Gasteiger partial charge in [0.15, 0.2) is 0 Å². The van der Waals surface area contributed by atoms with Crippen molar-refractivity contribution in [2.75, 3.05) is 5.75 Å². The van der Waals surface area contributed by atoms with Crippen molar-refractivity contribution in [1.29, 1.82) is 0 Å². The highest BCUT2D eigenvalue weighted by molar-refractivity contribution is 7.99. The number of aliphatic carboxylic acids is 1. The molecule has 2 rings (SSSR count). The summed E-state index contributed by atoms with van der Waals surface area (Å²) in [6.45, 7) is 0. The molecule has 19 heavy (non-hydrogen) atoms. The topological polar surface area (TPSA) is 107 Å². The molecule has 1 aliphatic heterocycles. The van der Waals surface area contributed by atoms with Gasteiger partial charge >= 0.3 is 11.9 Å². The molecule has 2 radical (unpaired) electrons. The van der Waals surface area contributed by atoms with Gasteiger partial charge in [-0.1, -0.05) is 11.5 Å². The summed E-state index contributed by atoms with van der Waals surface area (Å²) in [7, 11) is 5.74. The minimum Gasteiger partial charge on any atom is -0.507 e. The summed E-state index contributed by atoms with van der Waals surface area (Å²) in [6.07, 6.45) is 0. The molecule has 6 nitrogen and oxygen atoms in total. The third-order valence-electron chi connectivity index (χ3n) is 2.82. The summed E-state index contributed by atoms with van der Waals surface area (Å²) >= 11 is 1.26. The number of hydrogen-bond donors (Lipinski definition) is 4. The van der Waals surface area contributed by atoms with Gasteiger partial charge in [0.05, 0.1) is 5.37 Å². The number of carbonyl (C=O) groups is 2. The fourth-order valence-electron chi connectivity index (χ4n) is 1.85. The van der Waals surface area contributed by atoms with Crippen molar-refractivity contribution in [3.63, 3.8) is 0 Å². The highest BCUT2D eigenvalue weighted by Gasteiger charge is 2.33. The van der Waals surface area contributed by atoms with Gasteiger partial charge in [-0.15, -0.1) is 11.8 Å². The van der Waals surface area contributed by atoms with Crippen LogP contribution in [0.4, 0.5) is 0 Å². The van der Waals surface area contributed by atoms with E-state index in [4.69, 9.17) is 18.1 Å². The lowest BCUT2D eigenvalue weighted by Crippen LogP contribution is -2.35. The number of phenols is 1. The first kappa shape index (κ1) is 13.8. The molecule has 1 aromatic rings. The zero-order valence-electron chi connectivity index (χ0n) is 9.66. The minimum atomic E-state index is -1.27. The number of thioether (sulfide) groups is 1. The van der Waals surface area contributed by atoms with E-state index < -0.39 is 29.1 Å². The molecule has 0 aromatic heterocycles. The Morgan fingerprint density at radius 2 is 2.05 bits per heavy atom. The number of hydrogen-bond acceptors (Lipinski definition) is 5. The van der Waals surface area contributed by atoms with E-state index in [-0.39, 0.29) is 16.6 Å². The number of nitrogens with one attached hydrogen (secondary N) is 1. The molecule has 4 N–H and O–H groups in total. The molecule has 8 heteroatoms. The Morgan fingerprint density at radius 1 is 1.37 bits per heavy atom.